The van der Waals surface area contributed by atoms with E-state index in [1.807, 2.05) is 30.3 Å². The van der Waals surface area contributed by atoms with Crippen LogP contribution in [0.15, 0.2) is 53.9 Å². The highest BCUT2D eigenvalue weighted by Gasteiger charge is 2.08. The van der Waals surface area contributed by atoms with Crippen molar-refractivity contribution in [3.63, 3.8) is 0 Å². The summed E-state index contributed by atoms with van der Waals surface area (Å²) in [5.41, 5.74) is 2.65. The molecule has 3 aromatic heterocycles. The second-order valence-corrected chi connectivity index (χ2v) is 5.06. The molecule has 0 aliphatic carbocycles. The van der Waals surface area contributed by atoms with Crippen LogP contribution in [-0.4, -0.2) is 29.9 Å². The van der Waals surface area contributed by atoms with Crippen LogP contribution in [0.5, 0.6) is 0 Å². The smallest absolute Gasteiger partial charge is 0.162 e. The van der Waals surface area contributed by atoms with Crippen molar-refractivity contribution in [3.05, 3.63) is 49.1 Å². The van der Waals surface area contributed by atoms with Gasteiger partial charge in [0, 0.05) is 22.0 Å². The average Bonchev–Trinajstić information content (AvgIpc) is 3.16. The van der Waals surface area contributed by atoms with E-state index in [-0.39, 0.29) is 0 Å². The average molecular weight is 294 g/mol. The summed E-state index contributed by atoms with van der Waals surface area (Å²) in [6.07, 6.45) is 4.98. The van der Waals surface area contributed by atoms with Crippen molar-refractivity contribution in [2.24, 2.45) is 0 Å². The number of H-pyrrole nitrogens is 1. The van der Waals surface area contributed by atoms with Crippen molar-refractivity contribution in [1.82, 2.24) is 29.9 Å². The van der Waals surface area contributed by atoms with Gasteiger partial charge >= 0.3 is 0 Å². The Balaban J connectivity index is 1.87. The lowest BCUT2D eigenvalue weighted by molar-refractivity contribution is 0.896. The standard InChI is InChI=1S/C14H10N6S/c21-12-5-10-6-18-20(14(10)15-7-12)11-3-1-2-9(4-11)13-16-8-17-19-13/h1-8,21H,(H,16,17,19). The van der Waals surface area contributed by atoms with Crippen molar-refractivity contribution in [2.75, 3.05) is 0 Å². The monoisotopic (exact) mass is 294 g/mol. The lowest BCUT2D eigenvalue weighted by Crippen LogP contribution is -1.97. The van der Waals surface area contributed by atoms with E-state index >= 15 is 0 Å². The molecular weight excluding hydrogens is 284 g/mol. The van der Waals surface area contributed by atoms with Gasteiger partial charge in [-0.3, -0.25) is 5.10 Å². The molecule has 102 valence electrons. The second-order valence-electron chi connectivity index (χ2n) is 4.55. The van der Waals surface area contributed by atoms with Crippen LogP contribution in [0.1, 0.15) is 0 Å². The summed E-state index contributed by atoms with van der Waals surface area (Å²) >= 11 is 4.29. The summed E-state index contributed by atoms with van der Waals surface area (Å²) < 4.78 is 1.79. The molecule has 0 aliphatic heterocycles. The normalized spacial score (nSPS) is 11.1. The summed E-state index contributed by atoms with van der Waals surface area (Å²) in [7, 11) is 0. The highest BCUT2D eigenvalue weighted by molar-refractivity contribution is 7.80. The molecule has 4 rings (SSSR count). The molecule has 6 nitrogen and oxygen atoms in total. The number of fused-ring (bicyclic) bond motifs is 1. The Bertz CT molecular complexity index is 912. The molecule has 3 heterocycles. The van der Waals surface area contributed by atoms with Crippen LogP contribution >= 0.6 is 12.6 Å². The maximum Gasteiger partial charge on any atom is 0.162 e. The number of aromatic amines is 1. The van der Waals surface area contributed by atoms with Crippen LogP contribution in [0.2, 0.25) is 0 Å². The maximum absolute atomic E-state index is 4.40. The van der Waals surface area contributed by atoms with Gasteiger partial charge in [-0.05, 0) is 18.2 Å². The van der Waals surface area contributed by atoms with Gasteiger partial charge in [0.15, 0.2) is 11.5 Å². The molecule has 0 aliphatic rings. The van der Waals surface area contributed by atoms with Crippen LogP contribution in [0.3, 0.4) is 0 Å². The molecule has 1 aromatic carbocycles. The lowest BCUT2D eigenvalue weighted by atomic mass is 10.2. The van der Waals surface area contributed by atoms with E-state index in [2.05, 4.69) is 37.9 Å². The van der Waals surface area contributed by atoms with Crippen molar-refractivity contribution in [3.8, 4) is 17.1 Å². The van der Waals surface area contributed by atoms with Gasteiger partial charge in [0.25, 0.3) is 0 Å². The molecule has 0 bridgehead atoms. The Morgan fingerprint density at radius 1 is 1.10 bits per heavy atom. The van der Waals surface area contributed by atoms with Crippen LogP contribution in [0.4, 0.5) is 0 Å². The summed E-state index contributed by atoms with van der Waals surface area (Å²) in [6.45, 7) is 0. The van der Waals surface area contributed by atoms with E-state index in [1.165, 1.54) is 6.33 Å². The topological polar surface area (TPSA) is 72.3 Å². The minimum atomic E-state index is 0.721. The molecule has 0 unspecified atom stereocenters. The third kappa shape index (κ3) is 2.07. The Kier molecular flexibility index (Phi) is 2.71. The first-order valence-corrected chi connectivity index (χ1v) is 6.75. The third-order valence-corrected chi connectivity index (χ3v) is 3.42. The summed E-state index contributed by atoms with van der Waals surface area (Å²) in [5, 5.41) is 12.1. The molecule has 7 heteroatoms. The van der Waals surface area contributed by atoms with Gasteiger partial charge in [0.2, 0.25) is 0 Å². The molecule has 21 heavy (non-hydrogen) atoms. The van der Waals surface area contributed by atoms with Crippen molar-refractivity contribution in [2.45, 2.75) is 4.90 Å². The number of hydrogen-bond acceptors (Lipinski definition) is 5. The molecule has 0 amide bonds. The summed E-state index contributed by atoms with van der Waals surface area (Å²) in [6, 6.07) is 9.82. The van der Waals surface area contributed by atoms with E-state index in [0.29, 0.717) is 0 Å². The number of benzene rings is 1. The Morgan fingerprint density at radius 3 is 2.90 bits per heavy atom. The van der Waals surface area contributed by atoms with Crippen molar-refractivity contribution < 1.29 is 0 Å². The van der Waals surface area contributed by atoms with Crippen LogP contribution in [0, 0.1) is 0 Å². The molecule has 4 aromatic rings. The zero-order chi connectivity index (χ0) is 14.2. The summed E-state index contributed by atoms with van der Waals surface area (Å²) in [5.74, 6) is 0.721. The van der Waals surface area contributed by atoms with Crippen LogP contribution in [0.25, 0.3) is 28.1 Å². The molecule has 0 spiro atoms. The van der Waals surface area contributed by atoms with Gasteiger partial charge in [0.1, 0.15) is 6.33 Å². The molecular formula is C14H10N6S. The van der Waals surface area contributed by atoms with Gasteiger partial charge < -0.3 is 0 Å². The number of nitrogens with one attached hydrogen (secondary N) is 1. The van der Waals surface area contributed by atoms with Crippen molar-refractivity contribution >= 4 is 23.7 Å². The minimum absolute atomic E-state index is 0.721. The fourth-order valence-electron chi connectivity index (χ4n) is 2.23. The second kappa shape index (κ2) is 4.71. The Hall–Kier alpha value is -2.67. The van der Waals surface area contributed by atoms with Gasteiger partial charge in [-0.15, -0.1) is 12.6 Å². The first-order valence-electron chi connectivity index (χ1n) is 6.30. The number of nitrogens with zero attached hydrogens (tertiary/aromatic N) is 5. The predicted molar refractivity (Wildman–Crippen MR) is 81.5 cm³/mol. The Labute approximate surface area is 125 Å². The molecule has 0 radical (unpaired) electrons. The largest absolute Gasteiger partial charge is 0.259 e. The number of thiol groups is 1. The van der Waals surface area contributed by atoms with E-state index in [4.69, 9.17) is 0 Å². The Morgan fingerprint density at radius 2 is 2.05 bits per heavy atom. The van der Waals surface area contributed by atoms with Gasteiger partial charge in [-0.25, -0.2) is 14.6 Å². The number of aromatic nitrogens is 6. The quantitative estimate of drug-likeness (QED) is 0.557. The van der Waals surface area contributed by atoms with E-state index in [9.17, 15) is 0 Å². The fourth-order valence-corrected chi connectivity index (χ4v) is 2.42. The van der Waals surface area contributed by atoms with Gasteiger partial charge in [-0.2, -0.15) is 10.2 Å². The SMILES string of the molecule is Sc1cnc2c(cnn2-c2cccc(-c3ncn[nH]3)c2)c1. The van der Waals surface area contributed by atoms with E-state index in [0.717, 1.165) is 33.0 Å². The molecule has 0 fully saturated rings. The number of rotatable bonds is 2. The van der Waals surface area contributed by atoms with Gasteiger partial charge in [-0.1, -0.05) is 12.1 Å². The minimum Gasteiger partial charge on any atom is -0.259 e. The van der Waals surface area contributed by atoms with E-state index < -0.39 is 0 Å². The predicted octanol–water partition coefficient (Wildman–Crippen LogP) is 2.49. The highest BCUT2D eigenvalue weighted by atomic mass is 32.1. The number of hydrogen-bond donors (Lipinski definition) is 2. The first kappa shape index (κ1) is 12.1. The van der Waals surface area contributed by atoms with Crippen LogP contribution in [-0.2, 0) is 0 Å². The fraction of sp³-hybridized carbons (Fsp3) is 0. The highest BCUT2D eigenvalue weighted by Crippen LogP contribution is 2.22. The van der Waals surface area contributed by atoms with Crippen molar-refractivity contribution in [1.29, 1.82) is 0 Å². The molecule has 1 N–H and O–H groups in total. The van der Waals surface area contributed by atoms with Gasteiger partial charge in [0.05, 0.1) is 11.9 Å². The third-order valence-electron chi connectivity index (χ3n) is 3.17. The molecule has 0 saturated heterocycles. The lowest BCUT2D eigenvalue weighted by Gasteiger charge is -2.04. The molecule has 0 atom stereocenters. The number of pyridine rings is 1. The summed E-state index contributed by atoms with van der Waals surface area (Å²) in [4.78, 5) is 9.38. The zero-order valence-electron chi connectivity index (χ0n) is 10.8. The molecule has 0 saturated carbocycles. The first-order chi connectivity index (χ1) is 10.3. The van der Waals surface area contributed by atoms with Crippen LogP contribution < -0.4 is 0 Å². The van der Waals surface area contributed by atoms with E-state index in [1.54, 1.807) is 17.1 Å². The maximum atomic E-state index is 4.40. The zero-order valence-corrected chi connectivity index (χ0v) is 11.7.